The van der Waals surface area contributed by atoms with Crippen LogP contribution in [0.2, 0.25) is 0 Å². The number of hydrogen-bond donors (Lipinski definition) is 2. The van der Waals surface area contributed by atoms with Crippen LogP contribution < -0.4 is 10.2 Å². The molecule has 0 saturated carbocycles. The van der Waals surface area contributed by atoms with Crippen molar-refractivity contribution < 1.29 is 24.2 Å². The summed E-state index contributed by atoms with van der Waals surface area (Å²) in [6.07, 6.45) is -0.680. The van der Waals surface area contributed by atoms with Crippen molar-refractivity contribution in [2.24, 2.45) is 0 Å². The fraction of sp³-hybridized carbons (Fsp3) is 0.231. The van der Waals surface area contributed by atoms with E-state index in [9.17, 15) is 9.59 Å². The first-order valence-electron chi connectivity index (χ1n) is 5.60. The number of fused-ring (bicyclic) bond motifs is 1. The van der Waals surface area contributed by atoms with Crippen LogP contribution in [0.4, 0.5) is 0 Å². The topological polar surface area (TPSA) is 97.0 Å². The third kappa shape index (κ3) is 2.74. The molecule has 0 saturated heterocycles. The number of carboxylic acid groups (broad SMARTS) is 1. The maximum absolute atomic E-state index is 11.9. The molecule has 19 heavy (non-hydrogen) atoms. The van der Waals surface area contributed by atoms with Gasteiger partial charge in [0.2, 0.25) is 5.76 Å². The van der Waals surface area contributed by atoms with Crippen LogP contribution in [-0.2, 0) is 0 Å². The van der Waals surface area contributed by atoms with Gasteiger partial charge in [0, 0.05) is 6.07 Å². The Bertz CT molecular complexity index is 670. The third-order valence-electron chi connectivity index (χ3n) is 2.41. The molecular weight excluding hydrogens is 252 g/mol. The minimum absolute atomic E-state index is 0.0270. The van der Waals surface area contributed by atoms with Gasteiger partial charge in [0.05, 0.1) is 6.10 Å². The molecule has 0 aliphatic carbocycles. The highest BCUT2D eigenvalue weighted by molar-refractivity contribution is 5.89. The molecule has 0 radical (unpaired) electrons. The van der Waals surface area contributed by atoms with E-state index < -0.39 is 23.3 Å². The number of aliphatic hydroxyl groups excluding tert-OH is 1. The first-order valence-corrected chi connectivity index (χ1v) is 5.60. The summed E-state index contributed by atoms with van der Waals surface area (Å²) in [5.74, 6) is -1.48. The van der Waals surface area contributed by atoms with E-state index in [1.165, 1.54) is 6.07 Å². The highest BCUT2D eigenvalue weighted by Crippen LogP contribution is 2.23. The van der Waals surface area contributed by atoms with Crippen LogP contribution in [-0.4, -0.2) is 28.9 Å². The van der Waals surface area contributed by atoms with Gasteiger partial charge in [-0.2, -0.15) is 0 Å². The summed E-state index contributed by atoms with van der Waals surface area (Å²) in [5.41, 5.74) is -0.368. The lowest BCUT2D eigenvalue weighted by atomic mass is 10.2. The van der Waals surface area contributed by atoms with E-state index in [4.69, 9.17) is 19.4 Å². The predicted molar refractivity (Wildman–Crippen MR) is 66.6 cm³/mol. The molecule has 2 aromatic rings. The second-order valence-electron chi connectivity index (χ2n) is 4.07. The SMILES string of the molecule is CC(O)COc1cccc2oc(C(=O)O)cc(=O)c12. The molecule has 1 aromatic heterocycles. The van der Waals surface area contributed by atoms with Crippen molar-refractivity contribution in [3.8, 4) is 5.75 Å². The van der Waals surface area contributed by atoms with Gasteiger partial charge in [-0.15, -0.1) is 0 Å². The second-order valence-corrected chi connectivity index (χ2v) is 4.07. The minimum atomic E-state index is -1.31. The van der Waals surface area contributed by atoms with E-state index in [-0.39, 0.29) is 23.3 Å². The van der Waals surface area contributed by atoms with Crippen molar-refractivity contribution in [3.63, 3.8) is 0 Å². The zero-order valence-corrected chi connectivity index (χ0v) is 10.1. The zero-order valence-electron chi connectivity index (χ0n) is 10.1. The molecule has 1 atom stereocenters. The fourth-order valence-electron chi connectivity index (χ4n) is 1.61. The molecule has 6 nitrogen and oxygen atoms in total. The van der Waals surface area contributed by atoms with Crippen LogP contribution in [0.5, 0.6) is 5.75 Å². The van der Waals surface area contributed by atoms with Crippen LogP contribution in [0, 0.1) is 0 Å². The molecular formula is C13H12O6. The quantitative estimate of drug-likeness (QED) is 0.862. The van der Waals surface area contributed by atoms with Gasteiger partial charge in [0.25, 0.3) is 0 Å². The molecule has 1 heterocycles. The maximum atomic E-state index is 11.9. The van der Waals surface area contributed by atoms with Crippen molar-refractivity contribution in [2.75, 3.05) is 6.61 Å². The van der Waals surface area contributed by atoms with E-state index in [1.807, 2.05) is 0 Å². The summed E-state index contributed by atoms with van der Waals surface area (Å²) >= 11 is 0. The molecule has 2 rings (SSSR count). The Morgan fingerprint density at radius 3 is 2.84 bits per heavy atom. The van der Waals surface area contributed by atoms with Crippen molar-refractivity contribution in [1.29, 1.82) is 0 Å². The summed E-state index contributed by atoms with van der Waals surface area (Å²) in [5, 5.41) is 18.1. The largest absolute Gasteiger partial charge is 0.490 e. The molecule has 2 N–H and O–H groups in total. The van der Waals surface area contributed by atoms with Gasteiger partial charge in [-0.3, -0.25) is 4.79 Å². The average Bonchev–Trinajstić information content (AvgIpc) is 2.35. The zero-order chi connectivity index (χ0) is 14.0. The van der Waals surface area contributed by atoms with Crippen LogP contribution in [0.1, 0.15) is 17.5 Å². The molecule has 6 heteroatoms. The van der Waals surface area contributed by atoms with Gasteiger partial charge >= 0.3 is 5.97 Å². The monoisotopic (exact) mass is 264 g/mol. The highest BCUT2D eigenvalue weighted by atomic mass is 16.5. The third-order valence-corrected chi connectivity index (χ3v) is 2.41. The number of ether oxygens (including phenoxy) is 1. The maximum Gasteiger partial charge on any atom is 0.371 e. The summed E-state index contributed by atoms with van der Waals surface area (Å²) in [7, 11) is 0. The van der Waals surface area contributed by atoms with Gasteiger partial charge in [0.15, 0.2) is 5.43 Å². The van der Waals surface area contributed by atoms with Gasteiger partial charge in [-0.05, 0) is 19.1 Å². The highest BCUT2D eigenvalue weighted by Gasteiger charge is 2.14. The fourth-order valence-corrected chi connectivity index (χ4v) is 1.61. The number of rotatable bonds is 4. The van der Waals surface area contributed by atoms with Gasteiger partial charge in [-0.1, -0.05) is 6.07 Å². The molecule has 0 fully saturated rings. The average molecular weight is 264 g/mol. The van der Waals surface area contributed by atoms with Crippen LogP contribution >= 0.6 is 0 Å². The predicted octanol–water partition coefficient (Wildman–Crippen LogP) is 1.25. The Hall–Kier alpha value is -2.34. The van der Waals surface area contributed by atoms with Gasteiger partial charge < -0.3 is 19.4 Å². The Morgan fingerprint density at radius 1 is 1.47 bits per heavy atom. The number of aromatic carboxylic acids is 1. The summed E-state index contributed by atoms with van der Waals surface area (Å²) in [6, 6.07) is 5.52. The van der Waals surface area contributed by atoms with Crippen molar-refractivity contribution in [2.45, 2.75) is 13.0 Å². The number of benzene rings is 1. The van der Waals surface area contributed by atoms with Crippen molar-refractivity contribution in [3.05, 3.63) is 40.2 Å². The van der Waals surface area contributed by atoms with E-state index in [1.54, 1.807) is 19.1 Å². The Labute approximate surface area is 107 Å². The summed E-state index contributed by atoms with van der Waals surface area (Å²) < 4.78 is 10.4. The molecule has 0 aliphatic heterocycles. The molecule has 0 spiro atoms. The Balaban J connectivity index is 2.56. The van der Waals surface area contributed by atoms with E-state index in [0.29, 0.717) is 0 Å². The van der Waals surface area contributed by atoms with Crippen LogP contribution in [0.25, 0.3) is 11.0 Å². The van der Waals surface area contributed by atoms with E-state index in [2.05, 4.69) is 0 Å². The Morgan fingerprint density at radius 2 is 2.21 bits per heavy atom. The van der Waals surface area contributed by atoms with E-state index >= 15 is 0 Å². The number of carboxylic acids is 1. The molecule has 1 unspecified atom stereocenters. The molecule has 100 valence electrons. The first-order chi connectivity index (χ1) is 8.99. The molecule has 0 amide bonds. The van der Waals surface area contributed by atoms with Gasteiger partial charge in [-0.25, -0.2) is 4.79 Å². The lowest BCUT2D eigenvalue weighted by Crippen LogP contribution is -2.14. The van der Waals surface area contributed by atoms with E-state index in [0.717, 1.165) is 6.07 Å². The Kier molecular flexibility index (Phi) is 3.52. The molecule has 0 bridgehead atoms. The van der Waals surface area contributed by atoms with Crippen molar-refractivity contribution >= 4 is 16.9 Å². The number of carbonyl (C=O) groups is 1. The van der Waals surface area contributed by atoms with Gasteiger partial charge in [0.1, 0.15) is 23.3 Å². The number of aliphatic hydroxyl groups is 1. The minimum Gasteiger partial charge on any atom is -0.490 e. The normalized spacial score (nSPS) is 12.3. The lowest BCUT2D eigenvalue weighted by molar-refractivity contribution is 0.0663. The van der Waals surface area contributed by atoms with Crippen LogP contribution in [0.15, 0.2) is 33.5 Å². The first kappa shape index (κ1) is 13.1. The summed E-state index contributed by atoms with van der Waals surface area (Å²) in [6.45, 7) is 1.58. The number of hydrogen-bond acceptors (Lipinski definition) is 5. The van der Waals surface area contributed by atoms with Crippen LogP contribution in [0.3, 0.4) is 0 Å². The summed E-state index contributed by atoms with van der Waals surface area (Å²) in [4.78, 5) is 22.7. The smallest absolute Gasteiger partial charge is 0.371 e. The standard InChI is InChI=1S/C13H12O6/c1-7(14)6-18-9-3-2-4-10-12(9)8(15)5-11(19-10)13(16)17/h2-5,7,14H,6H2,1H3,(H,16,17). The molecule has 1 aromatic carbocycles. The second kappa shape index (κ2) is 5.11. The molecule has 0 aliphatic rings. The van der Waals surface area contributed by atoms with Crippen molar-refractivity contribution in [1.82, 2.24) is 0 Å². The lowest BCUT2D eigenvalue weighted by Gasteiger charge is -2.10.